The Bertz CT molecular complexity index is 547. The first-order chi connectivity index (χ1) is 7.43. The molecule has 0 amide bonds. The minimum absolute atomic E-state index is 0.0694. The Morgan fingerprint density at radius 3 is 2.44 bits per heavy atom. The third kappa shape index (κ3) is 2.53. The Labute approximate surface area is 99.1 Å². The van der Waals surface area contributed by atoms with Gasteiger partial charge in [-0.15, -0.1) is 0 Å². The predicted octanol–water partition coefficient (Wildman–Crippen LogP) is 1.51. The topological polar surface area (TPSA) is 84.0 Å². The Morgan fingerprint density at radius 1 is 1.44 bits per heavy atom. The lowest BCUT2D eigenvalue weighted by atomic mass is 10.0. The summed E-state index contributed by atoms with van der Waals surface area (Å²) in [6.45, 7) is 1.95. The van der Waals surface area contributed by atoms with Crippen LogP contribution in [0, 0.1) is 11.3 Å². The molecule has 0 unspecified atom stereocenters. The van der Waals surface area contributed by atoms with Gasteiger partial charge in [-0.25, -0.2) is 8.42 Å². The van der Waals surface area contributed by atoms with Crippen molar-refractivity contribution in [3.8, 4) is 6.07 Å². The van der Waals surface area contributed by atoms with Crippen LogP contribution in [-0.4, -0.2) is 8.42 Å². The van der Waals surface area contributed by atoms with E-state index in [4.69, 9.17) is 21.7 Å². The molecule has 0 aromatic heterocycles. The van der Waals surface area contributed by atoms with E-state index in [9.17, 15) is 8.42 Å². The number of rotatable bonds is 3. The van der Waals surface area contributed by atoms with Crippen LogP contribution in [0.5, 0.6) is 0 Å². The molecule has 1 aromatic carbocycles. The fourth-order valence-electron chi connectivity index (χ4n) is 1.46. The molecule has 86 valence electrons. The van der Waals surface area contributed by atoms with Crippen LogP contribution in [0.3, 0.4) is 0 Å². The van der Waals surface area contributed by atoms with Gasteiger partial charge in [-0.3, -0.25) is 0 Å². The van der Waals surface area contributed by atoms with E-state index in [0.717, 1.165) is 5.56 Å². The van der Waals surface area contributed by atoms with Crippen LogP contribution < -0.4 is 5.73 Å². The summed E-state index contributed by atoms with van der Waals surface area (Å²) in [7, 11) is 1.41. The molecule has 4 nitrogen and oxygen atoms in total. The maximum Gasteiger partial charge on any atom is 0.261 e. The average molecular weight is 259 g/mol. The van der Waals surface area contributed by atoms with E-state index in [1.807, 2.05) is 13.0 Å². The van der Waals surface area contributed by atoms with E-state index >= 15 is 0 Å². The highest BCUT2D eigenvalue weighted by Crippen LogP contribution is 2.24. The SMILES string of the molecule is CCc1cc(CN)c(S(=O)(=O)Cl)cc1C#N. The lowest BCUT2D eigenvalue weighted by molar-refractivity contribution is 0.608. The fraction of sp³-hybridized carbons (Fsp3) is 0.300. The molecule has 0 fully saturated rings. The van der Waals surface area contributed by atoms with Crippen molar-refractivity contribution in [2.45, 2.75) is 24.8 Å². The number of nitrogens with two attached hydrogens (primary N) is 1. The summed E-state index contributed by atoms with van der Waals surface area (Å²) in [4.78, 5) is -0.0783. The molecule has 1 rings (SSSR count). The third-order valence-corrected chi connectivity index (χ3v) is 3.67. The van der Waals surface area contributed by atoms with Gasteiger partial charge in [0.25, 0.3) is 9.05 Å². The monoisotopic (exact) mass is 258 g/mol. The predicted molar refractivity (Wildman–Crippen MR) is 61.5 cm³/mol. The molecule has 6 heteroatoms. The van der Waals surface area contributed by atoms with E-state index in [0.29, 0.717) is 17.5 Å². The summed E-state index contributed by atoms with van der Waals surface area (Å²) >= 11 is 0. The normalized spacial score (nSPS) is 11.1. The molecule has 0 bridgehead atoms. The summed E-state index contributed by atoms with van der Waals surface area (Å²) in [6, 6.07) is 4.85. The molecule has 1 aromatic rings. The van der Waals surface area contributed by atoms with Gasteiger partial charge >= 0.3 is 0 Å². The van der Waals surface area contributed by atoms with Crippen LogP contribution in [0.1, 0.15) is 23.6 Å². The molecule has 2 N–H and O–H groups in total. The van der Waals surface area contributed by atoms with E-state index in [1.165, 1.54) is 6.07 Å². The van der Waals surface area contributed by atoms with Gasteiger partial charge in [0, 0.05) is 17.2 Å². The van der Waals surface area contributed by atoms with Crippen LogP contribution in [0.2, 0.25) is 0 Å². The molecule has 0 aliphatic heterocycles. The summed E-state index contributed by atoms with van der Waals surface area (Å²) < 4.78 is 22.6. The zero-order valence-electron chi connectivity index (χ0n) is 8.70. The highest BCUT2D eigenvalue weighted by Gasteiger charge is 2.17. The highest BCUT2D eigenvalue weighted by molar-refractivity contribution is 8.13. The second kappa shape index (κ2) is 4.83. The lowest BCUT2D eigenvalue weighted by Gasteiger charge is -2.08. The van der Waals surface area contributed by atoms with Gasteiger partial charge in [0.1, 0.15) is 0 Å². The zero-order chi connectivity index (χ0) is 12.3. The number of halogens is 1. The summed E-state index contributed by atoms with van der Waals surface area (Å²) in [5.74, 6) is 0. The quantitative estimate of drug-likeness (QED) is 0.833. The zero-order valence-corrected chi connectivity index (χ0v) is 10.3. The molecule has 0 spiro atoms. The van der Waals surface area contributed by atoms with E-state index in [1.54, 1.807) is 6.07 Å². The molecule has 0 heterocycles. The third-order valence-electron chi connectivity index (χ3n) is 2.27. The molecule has 0 saturated carbocycles. The van der Waals surface area contributed by atoms with Gasteiger partial charge < -0.3 is 5.73 Å². The van der Waals surface area contributed by atoms with Crippen molar-refractivity contribution in [3.63, 3.8) is 0 Å². The van der Waals surface area contributed by atoms with Gasteiger partial charge in [0.2, 0.25) is 0 Å². The van der Waals surface area contributed by atoms with Gasteiger partial charge in [0.15, 0.2) is 0 Å². The van der Waals surface area contributed by atoms with Crippen molar-refractivity contribution in [1.29, 1.82) is 5.26 Å². The van der Waals surface area contributed by atoms with Crippen molar-refractivity contribution < 1.29 is 8.42 Å². The summed E-state index contributed by atoms with van der Waals surface area (Å²) in [6.07, 6.45) is 0.637. The molecule has 0 atom stereocenters. The van der Waals surface area contributed by atoms with Gasteiger partial charge in [-0.1, -0.05) is 13.0 Å². The Hall–Kier alpha value is -1.09. The van der Waals surface area contributed by atoms with Gasteiger partial charge in [0.05, 0.1) is 16.5 Å². The van der Waals surface area contributed by atoms with Crippen LogP contribution in [0.4, 0.5) is 0 Å². The Kier molecular flexibility index (Phi) is 3.92. The number of hydrogen-bond donors (Lipinski definition) is 1. The molecular weight excluding hydrogens is 248 g/mol. The van der Waals surface area contributed by atoms with E-state index < -0.39 is 9.05 Å². The van der Waals surface area contributed by atoms with Crippen molar-refractivity contribution in [2.75, 3.05) is 0 Å². The average Bonchev–Trinajstić information content (AvgIpc) is 2.25. The van der Waals surface area contributed by atoms with Crippen molar-refractivity contribution in [2.24, 2.45) is 5.73 Å². The highest BCUT2D eigenvalue weighted by atomic mass is 35.7. The van der Waals surface area contributed by atoms with Crippen molar-refractivity contribution in [1.82, 2.24) is 0 Å². The Balaban J connectivity index is 3.58. The smallest absolute Gasteiger partial charge is 0.261 e. The molecule has 0 aliphatic rings. The maximum atomic E-state index is 11.3. The minimum atomic E-state index is -3.86. The fourth-order valence-corrected chi connectivity index (χ4v) is 2.60. The number of hydrogen-bond acceptors (Lipinski definition) is 4. The molecular formula is C10H11ClN2O2S. The Morgan fingerprint density at radius 2 is 2.06 bits per heavy atom. The first kappa shape index (κ1) is 13.0. The van der Waals surface area contributed by atoms with Gasteiger partial charge in [-0.05, 0) is 23.6 Å². The standard InChI is InChI=1S/C10H11ClN2O2S/c1-2-7-3-9(6-13)10(16(11,14)15)4-8(7)5-12/h3-4H,2,6,13H2,1H3. The van der Waals surface area contributed by atoms with Gasteiger partial charge in [-0.2, -0.15) is 5.26 Å². The molecule has 0 saturated heterocycles. The number of benzene rings is 1. The molecule has 0 radical (unpaired) electrons. The minimum Gasteiger partial charge on any atom is -0.326 e. The lowest BCUT2D eigenvalue weighted by Crippen LogP contribution is -2.06. The molecule has 16 heavy (non-hydrogen) atoms. The number of nitrogens with zero attached hydrogens (tertiary/aromatic N) is 1. The summed E-state index contributed by atoms with van der Waals surface area (Å²) in [5, 5.41) is 8.88. The van der Waals surface area contributed by atoms with E-state index in [2.05, 4.69) is 0 Å². The first-order valence-electron chi connectivity index (χ1n) is 4.64. The van der Waals surface area contributed by atoms with Crippen LogP contribution >= 0.6 is 10.7 Å². The van der Waals surface area contributed by atoms with E-state index in [-0.39, 0.29) is 11.4 Å². The van der Waals surface area contributed by atoms with Crippen molar-refractivity contribution >= 4 is 19.7 Å². The largest absolute Gasteiger partial charge is 0.326 e. The maximum absolute atomic E-state index is 11.3. The second-order valence-electron chi connectivity index (χ2n) is 3.22. The van der Waals surface area contributed by atoms with Crippen LogP contribution in [0.15, 0.2) is 17.0 Å². The summed E-state index contributed by atoms with van der Waals surface area (Å²) in [5.41, 5.74) is 6.98. The number of nitriles is 1. The van der Waals surface area contributed by atoms with Crippen LogP contribution in [-0.2, 0) is 22.0 Å². The molecule has 0 aliphatic carbocycles. The first-order valence-corrected chi connectivity index (χ1v) is 6.95. The van der Waals surface area contributed by atoms with Crippen molar-refractivity contribution in [3.05, 3.63) is 28.8 Å². The van der Waals surface area contributed by atoms with Crippen LogP contribution in [0.25, 0.3) is 0 Å². The number of aryl methyl sites for hydroxylation is 1. The second-order valence-corrected chi connectivity index (χ2v) is 5.76.